The molecule has 25 heavy (non-hydrogen) atoms. The summed E-state index contributed by atoms with van der Waals surface area (Å²) >= 11 is 0. The smallest absolute Gasteiger partial charge is 0.255 e. The van der Waals surface area contributed by atoms with E-state index in [2.05, 4.69) is 17.2 Å². The van der Waals surface area contributed by atoms with Crippen LogP contribution < -0.4 is 10.1 Å². The van der Waals surface area contributed by atoms with Crippen LogP contribution in [0.3, 0.4) is 0 Å². The molecule has 1 aromatic carbocycles. The fourth-order valence-electron chi connectivity index (χ4n) is 3.57. The van der Waals surface area contributed by atoms with Crippen LogP contribution in [0.15, 0.2) is 42.6 Å². The van der Waals surface area contributed by atoms with Gasteiger partial charge in [0.2, 0.25) is 0 Å². The van der Waals surface area contributed by atoms with Gasteiger partial charge in [0.05, 0.1) is 17.7 Å². The number of aromatic nitrogens is 2. The number of carbonyl (C=O) groups excluding carboxylic acids is 1. The molecule has 1 N–H and O–H groups in total. The molecule has 1 aliphatic heterocycles. The minimum atomic E-state index is -0.459. The molecule has 5 nitrogen and oxygen atoms in total. The SMILES string of the molecule is Cc1cc(C)n2ccc(C(=O)NC3(C)CCOc4ccccc43)c2n1. The summed E-state index contributed by atoms with van der Waals surface area (Å²) in [5.74, 6) is 0.724. The predicted octanol–water partition coefficient (Wildman–Crippen LogP) is 3.38. The first-order valence-corrected chi connectivity index (χ1v) is 8.48. The van der Waals surface area contributed by atoms with E-state index in [0.29, 0.717) is 17.8 Å². The summed E-state index contributed by atoms with van der Waals surface area (Å²) in [5, 5.41) is 3.21. The molecule has 4 rings (SSSR count). The maximum Gasteiger partial charge on any atom is 0.255 e. The van der Waals surface area contributed by atoms with Gasteiger partial charge in [0.25, 0.3) is 5.91 Å². The molecule has 3 heterocycles. The summed E-state index contributed by atoms with van der Waals surface area (Å²) < 4.78 is 7.67. The van der Waals surface area contributed by atoms with E-state index in [4.69, 9.17) is 4.74 Å². The number of para-hydroxylation sites is 1. The van der Waals surface area contributed by atoms with Gasteiger partial charge in [-0.05, 0) is 39.0 Å². The molecule has 1 unspecified atom stereocenters. The van der Waals surface area contributed by atoms with Gasteiger partial charge in [0.1, 0.15) is 11.4 Å². The molecule has 2 aromatic heterocycles. The highest BCUT2D eigenvalue weighted by molar-refractivity contribution is 6.00. The Morgan fingerprint density at radius 3 is 2.92 bits per heavy atom. The normalized spacial score (nSPS) is 19.3. The van der Waals surface area contributed by atoms with E-state index in [1.807, 2.05) is 60.8 Å². The third-order valence-corrected chi connectivity index (χ3v) is 4.91. The van der Waals surface area contributed by atoms with Crippen molar-refractivity contribution in [1.29, 1.82) is 0 Å². The minimum Gasteiger partial charge on any atom is -0.493 e. The van der Waals surface area contributed by atoms with Crippen LogP contribution in [0.25, 0.3) is 5.65 Å². The molecule has 3 aromatic rings. The van der Waals surface area contributed by atoms with Gasteiger partial charge in [0.15, 0.2) is 0 Å². The van der Waals surface area contributed by atoms with Gasteiger partial charge < -0.3 is 14.5 Å². The Bertz CT molecular complexity index is 976. The molecule has 128 valence electrons. The van der Waals surface area contributed by atoms with Gasteiger partial charge in [-0.25, -0.2) is 4.98 Å². The Labute approximate surface area is 146 Å². The van der Waals surface area contributed by atoms with Crippen molar-refractivity contribution < 1.29 is 9.53 Å². The number of benzene rings is 1. The van der Waals surface area contributed by atoms with Crippen LogP contribution in [0.2, 0.25) is 0 Å². The van der Waals surface area contributed by atoms with Crippen LogP contribution in [0.5, 0.6) is 5.75 Å². The van der Waals surface area contributed by atoms with E-state index < -0.39 is 5.54 Å². The first-order chi connectivity index (χ1) is 12.0. The van der Waals surface area contributed by atoms with Crippen LogP contribution in [0.4, 0.5) is 0 Å². The van der Waals surface area contributed by atoms with Gasteiger partial charge >= 0.3 is 0 Å². The van der Waals surface area contributed by atoms with Crippen molar-refractivity contribution in [3.05, 3.63) is 65.1 Å². The Morgan fingerprint density at radius 2 is 2.08 bits per heavy atom. The third-order valence-electron chi connectivity index (χ3n) is 4.91. The van der Waals surface area contributed by atoms with Crippen LogP contribution in [0.1, 0.15) is 40.7 Å². The average Bonchev–Trinajstić information content (AvgIpc) is 2.99. The second-order valence-corrected chi connectivity index (χ2v) is 6.84. The highest BCUT2D eigenvalue weighted by atomic mass is 16.5. The topological polar surface area (TPSA) is 55.6 Å². The number of aryl methyl sites for hydroxylation is 2. The molecule has 0 spiro atoms. The van der Waals surface area contributed by atoms with Crippen molar-refractivity contribution in [3.8, 4) is 5.75 Å². The lowest BCUT2D eigenvalue weighted by Gasteiger charge is -2.36. The monoisotopic (exact) mass is 335 g/mol. The maximum absolute atomic E-state index is 13.0. The Hall–Kier alpha value is -2.82. The summed E-state index contributed by atoms with van der Waals surface area (Å²) in [4.78, 5) is 17.6. The first kappa shape index (κ1) is 15.7. The zero-order valence-corrected chi connectivity index (χ0v) is 14.7. The van der Waals surface area contributed by atoms with Crippen molar-refractivity contribution in [3.63, 3.8) is 0 Å². The van der Waals surface area contributed by atoms with E-state index >= 15 is 0 Å². The molecule has 0 saturated carbocycles. The Morgan fingerprint density at radius 1 is 1.28 bits per heavy atom. The highest BCUT2D eigenvalue weighted by Crippen LogP contribution is 2.36. The third kappa shape index (κ3) is 2.56. The molecule has 0 fully saturated rings. The van der Waals surface area contributed by atoms with Crippen molar-refractivity contribution in [1.82, 2.24) is 14.7 Å². The number of amides is 1. The fraction of sp³-hybridized carbons (Fsp3) is 0.300. The number of nitrogens with one attached hydrogen (secondary N) is 1. The number of hydrogen-bond donors (Lipinski definition) is 1. The van der Waals surface area contributed by atoms with Gasteiger partial charge in [0, 0.05) is 29.6 Å². The fourth-order valence-corrected chi connectivity index (χ4v) is 3.57. The van der Waals surface area contributed by atoms with Crippen LogP contribution in [0, 0.1) is 13.8 Å². The number of carbonyl (C=O) groups is 1. The molecule has 1 amide bonds. The second kappa shape index (κ2) is 5.62. The summed E-state index contributed by atoms with van der Waals surface area (Å²) in [5.41, 5.74) is 3.80. The van der Waals surface area contributed by atoms with Crippen LogP contribution in [-0.4, -0.2) is 21.9 Å². The summed E-state index contributed by atoms with van der Waals surface area (Å²) in [6.07, 6.45) is 2.62. The number of fused-ring (bicyclic) bond motifs is 2. The minimum absolute atomic E-state index is 0.112. The average molecular weight is 335 g/mol. The van der Waals surface area contributed by atoms with Gasteiger partial charge in [-0.3, -0.25) is 4.79 Å². The van der Waals surface area contributed by atoms with Crippen LogP contribution in [-0.2, 0) is 5.54 Å². The lowest BCUT2D eigenvalue weighted by molar-refractivity contribution is 0.0875. The summed E-state index contributed by atoms with van der Waals surface area (Å²) in [7, 11) is 0. The van der Waals surface area contributed by atoms with Crippen molar-refractivity contribution >= 4 is 11.6 Å². The molecular weight excluding hydrogens is 314 g/mol. The molecule has 5 heteroatoms. The standard InChI is InChI=1S/C20H21N3O2/c1-13-12-14(2)23-10-8-15(18(23)21-13)19(24)22-20(3)9-11-25-17-7-5-4-6-16(17)20/h4-8,10,12H,9,11H2,1-3H3,(H,22,24). The molecule has 1 aliphatic rings. The maximum atomic E-state index is 13.0. The summed E-state index contributed by atoms with van der Waals surface area (Å²) in [6, 6.07) is 11.7. The zero-order valence-electron chi connectivity index (χ0n) is 14.7. The van der Waals surface area contributed by atoms with Crippen molar-refractivity contribution in [2.24, 2.45) is 0 Å². The Kier molecular flexibility index (Phi) is 3.53. The molecule has 0 saturated heterocycles. The van der Waals surface area contributed by atoms with Crippen molar-refractivity contribution in [2.75, 3.05) is 6.61 Å². The van der Waals surface area contributed by atoms with E-state index in [0.717, 1.165) is 29.1 Å². The van der Waals surface area contributed by atoms with Crippen molar-refractivity contribution in [2.45, 2.75) is 32.7 Å². The summed E-state index contributed by atoms with van der Waals surface area (Å²) in [6.45, 7) is 6.59. The van der Waals surface area contributed by atoms with E-state index in [1.165, 1.54) is 0 Å². The van der Waals surface area contributed by atoms with E-state index in [9.17, 15) is 4.79 Å². The van der Waals surface area contributed by atoms with E-state index in [-0.39, 0.29) is 5.91 Å². The highest BCUT2D eigenvalue weighted by Gasteiger charge is 2.35. The number of rotatable bonds is 2. The lowest BCUT2D eigenvalue weighted by atomic mass is 9.86. The second-order valence-electron chi connectivity index (χ2n) is 6.84. The van der Waals surface area contributed by atoms with E-state index in [1.54, 1.807) is 0 Å². The number of hydrogen-bond acceptors (Lipinski definition) is 3. The predicted molar refractivity (Wildman–Crippen MR) is 96.0 cm³/mol. The molecule has 1 atom stereocenters. The largest absolute Gasteiger partial charge is 0.493 e. The lowest BCUT2D eigenvalue weighted by Crippen LogP contribution is -2.46. The molecular formula is C20H21N3O2. The zero-order chi connectivity index (χ0) is 17.6. The van der Waals surface area contributed by atoms with Gasteiger partial charge in [-0.2, -0.15) is 0 Å². The molecule has 0 radical (unpaired) electrons. The Balaban J connectivity index is 1.72. The molecule has 0 aliphatic carbocycles. The number of ether oxygens (including phenoxy) is 1. The van der Waals surface area contributed by atoms with Gasteiger partial charge in [-0.15, -0.1) is 0 Å². The molecule has 0 bridgehead atoms. The number of nitrogens with zero attached hydrogens (tertiary/aromatic N) is 2. The first-order valence-electron chi connectivity index (χ1n) is 8.48. The van der Waals surface area contributed by atoms with Crippen LogP contribution >= 0.6 is 0 Å². The van der Waals surface area contributed by atoms with Gasteiger partial charge in [-0.1, -0.05) is 18.2 Å². The quantitative estimate of drug-likeness (QED) is 0.781.